The van der Waals surface area contributed by atoms with E-state index in [1.54, 1.807) is 17.9 Å². The Morgan fingerprint density at radius 3 is 2.41 bits per heavy atom. The van der Waals surface area contributed by atoms with Gasteiger partial charge in [0, 0.05) is 12.2 Å². The minimum absolute atomic E-state index is 0.00193. The van der Waals surface area contributed by atoms with Gasteiger partial charge in [-0.05, 0) is 62.7 Å². The summed E-state index contributed by atoms with van der Waals surface area (Å²) in [7, 11) is 0. The fourth-order valence-electron chi connectivity index (χ4n) is 4.50. The van der Waals surface area contributed by atoms with Crippen LogP contribution in [0.3, 0.4) is 0 Å². The molecule has 0 radical (unpaired) electrons. The predicted octanol–water partition coefficient (Wildman–Crippen LogP) is 3.94. The van der Waals surface area contributed by atoms with E-state index in [0.717, 1.165) is 30.9 Å². The summed E-state index contributed by atoms with van der Waals surface area (Å²) in [6.07, 6.45) is -3.04. The van der Waals surface area contributed by atoms with Crippen LogP contribution in [0.1, 0.15) is 29.5 Å². The predicted molar refractivity (Wildman–Crippen MR) is 105 cm³/mol. The molecule has 0 atom stereocenters. The Kier molecular flexibility index (Phi) is 5.02. The summed E-state index contributed by atoms with van der Waals surface area (Å²) >= 11 is 0. The fourth-order valence-corrected chi connectivity index (χ4v) is 4.50. The molecular weight excluding hydrogens is 379 g/mol. The molecule has 2 aliphatic heterocycles. The Bertz CT molecular complexity index is 892. The summed E-state index contributed by atoms with van der Waals surface area (Å²) in [5.74, 6) is -0.00193. The zero-order chi connectivity index (χ0) is 20.6. The van der Waals surface area contributed by atoms with E-state index in [2.05, 4.69) is 10.2 Å². The van der Waals surface area contributed by atoms with Gasteiger partial charge in [-0.25, -0.2) is 0 Å². The van der Waals surface area contributed by atoms with Crippen molar-refractivity contribution in [2.75, 3.05) is 24.7 Å². The van der Waals surface area contributed by atoms with E-state index in [0.29, 0.717) is 30.6 Å². The lowest BCUT2D eigenvalue weighted by Crippen LogP contribution is -2.55. The number of aryl methyl sites for hydroxylation is 1. The van der Waals surface area contributed by atoms with Crippen LogP contribution in [0.25, 0.3) is 0 Å². The number of para-hydroxylation sites is 1. The van der Waals surface area contributed by atoms with Crippen LogP contribution >= 0.6 is 0 Å². The Hall–Kier alpha value is -2.54. The number of hydrogen-bond acceptors (Lipinski definition) is 3. The molecule has 2 aliphatic rings. The van der Waals surface area contributed by atoms with Gasteiger partial charge < -0.3 is 15.1 Å². The third-order valence-corrected chi connectivity index (χ3v) is 5.85. The van der Waals surface area contributed by atoms with Crippen molar-refractivity contribution in [2.24, 2.45) is 0 Å². The maximum atomic E-state index is 13.5. The molecule has 2 fully saturated rings. The number of piperidine rings is 1. The van der Waals surface area contributed by atoms with Crippen molar-refractivity contribution in [1.29, 1.82) is 0 Å². The quantitative estimate of drug-likeness (QED) is 0.843. The van der Waals surface area contributed by atoms with Crippen LogP contribution in [0, 0.1) is 6.92 Å². The van der Waals surface area contributed by atoms with Gasteiger partial charge in [-0.2, -0.15) is 13.2 Å². The molecular formula is C22H24F3N3O. The number of carbonyl (C=O) groups excluding carboxylic acids is 1. The summed E-state index contributed by atoms with van der Waals surface area (Å²) in [5.41, 5.74) is 0.701. The molecule has 2 saturated heterocycles. The summed E-state index contributed by atoms with van der Waals surface area (Å²) in [6, 6.07) is 13.8. The Labute approximate surface area is 168 Å². The van der Waals surface area contributed by atoms with Gasteiger partial charge in [0.05, 0.1) is 12.2 Å². The van der Waals surface area contributed by atoms with Gasteiger partial charge in [0.1, 0.15) is 5.54 Å². The molecule has 29 heavy (non-hydrogen) atoms. The van der Waals surface area contributed by atoms with Gasteiger partial charge >= 0.3 is 6.18 Å². The van der Waals surface area contributed by atoms with Crippen molar-refractivity contribution in [2.45, 2.75) is 38.0 Å². The largest absolute Gasteiger partial charge is 0.416 e. The van der Waals surface area contributed by atoms with Crippen molar-refractivity contribution >= 4 is 11.6 Å². The lowest BCUT2D eigenvalue weighted by Gasteiger charge is -2.40. The van der Waals surface area contributed by atoms with Crippen LogP contribution < -0.4 is 10.2 Å². The summed E-state index contributed by atoms with van der Waals surface area (Å²) < 4.78 is 39.6. The van der Waals surface area contributed by atoms with Gasteiger partial charge in [0.25, 0.3) is 0 Å². The molecule has 2 heterocycles. The highest BCUT2D eigenvalue weighted by atomic mass is 19.4. The molecule has 0 bridgehead atoms. The molecule has 0 aliphatic carbocycles. The molecule has 2 aromatic carbocycles. The molecule has 2 aromatic rings. The maximum absolute atomic E-state index is 13.5. The molecule has 0 unspecified atom stereocenters. The molecule has 4 rings (SSSR count). The normalized spacial score (nSPS) is 19.2. The topological polar surface area (TPSA) is 35.6 Å². The van der Waals surface area contributed by atoms with Crippen LogP contribution in [-0.4, -0.2) is 36.1 Å². The van der Waals surface area contributed by atoms with E-state index >= 15 is 0 Å². The lowest BCUT2D eigenvalue weighted by atomic mass is 9.86. The second-order valence-corrected chi connectivity index (χ2v) is 7.89. The smallest absolute Gasteiger partial charge is 0.339 e. The lowest BCUT2D eigenvalue weighted by molar-refractivity contribution is -0.137. The number of halogens is 3. The van der Waals surface area contributed by atoms with Gasteiger partial charge in [-0.15, -0.1) is 0 Å². The molecule has 0 aromatic heterocycles. The zero-order valence-electron chi connectivity index (χ0n) is 16.3. The van der Waals surface area contributed by atoms with E-state index < -0.39 is 17.3 Å². The van der Waals surface area contributed by atoms with Crippen molar-refractivity contribution in [3.63, 3.8) is 0 Å². The number of rotatable bonds is 3. The highest BCUT2D eigenvalue weighted by Crippen LogP contribution is 2.39. The monoisotopic (exact) mass is 403 g/mol. The van der Waals surface area contributed by atoms with Crippen LogP contribution in [0.2, 0.25) is 0 Å². The number of hydrogen-bond donors (Lipinski definition) is 1. The molecule has 154 valence electrons. The molecule has 7 heteroatoms. The Balaban J connectivity index is 1.66. The first kappa shape index (κ1) is 19.8. The van der Waals surface area contributed by atoms with Crippen molar-refractivity contribution in [1.82, 2.24) is 10.2 Å². The van der Waals surface area contributed by atoms with Crippen LogP contribution in [0.15, 0.2) is 48.5 Å². The molecule has 1 N–H and O–H groups in total. The van der Waals surface area contributed by atoms with Crippen LogP contribution in [-0.2, 0) is 17.5 Å². The average Bonchev–Trinajstić information content (AvgIpc) is 2.94. The van der Waals surface area contributed by atoms with Gasteiger partial charge in [-0.1, -0.05) is 29.8 Å². The van der Waals surface area contributed by atoms with E-state index in [4.69, 9.17) is 0 Å². The molecule has 0 saturated carbocycles. The van der Waals surface area contributed by atoms with Gasteiger partial charge in [-0.3, -0.25) is 4.79 Å². The standard InChI is InChI=1S/C22H24F3N3O/c1-16-11-17(13-18(12-16)22(23,24)25)14-27-15-28(19-5-3-2-4-6-19)21(20(27)29)7-9-26-10-8-21/h2-6,11-13,26H,7-10,14-15H2,1H3. The van der Waals surface area contributed by atoms with E-state index in [1.165, 1.54) is 0 Å². The molecule has 1 spiro atoms. The van der Waals surface area contributed by atoms with E-state index in [9.17, 15) is 18.0 Å². The highest BCUT2D eigenvalue weighted by molar-refractivity contribution is 5.93. The first-order valence-corrected chi connectivity index (χ1v) is 9.80. The van der Waals surface area contributed by atoms with Crippen molar-refractivity contribution in [3.8, 4) is 0 Å². The number of anilines is 1. The maximum Gasteiger partial charge on any atom is 0.416 e. The molecule has 1 amide bonds. The van der Waals surface area contributed by atoms with Crippen molar-refractivity contribution < 1.29 is 18.0 Å². The number of benzene rings is 2. The minimum atomic E-state index is -4.40. The second-order valence-electron chi connectivity index (χ2n) is 7.89. The highest BCUT2D eigenvalue weighted by Gasteiger charge is 2.52. The average molecular weight is 403 g/mol. The summed E-state index contributed by atoms with van der Waals surface area (Å²) in [5, 5.41) is 3.30. The SMILES string of the molecule is Cc1cc(CN2CN(c3ccccc3)C3(CCNCC3)C2=O)cc(C(F)(F)F)c1. The summed E-state index contributed by atoms with van der Waals surface area (Å²) in [6.45, 7) is 3.67. The minimum Gasteiger partial charge on any atom is -0.339 e. The number of nitrogens with one attached hydrogen (secondary N) is 1. The van der Waals surface area contributed by atoms with Gasteiger partial charge in [0.15, 0.2) is 0 Å². The number of amides is 1. The molecule has 4 nitrogen and oxygen atoms in total. The number of nitrogens with zero attached hydrogens (tertiary/aromatic N) is 2. The Morgan fingerprint density at radius 2 is 1.76 bits per heavy atom. The second kappa shape index (κ2) is 7.37. The number of alkyl halides is 3. The third kappa shape index (κ3) is 3.71. The van der Waals surface area contributed by atoms with E-state index in [-0.39, 0.29) is 12.5 Å². The van der Waals surface area contributed by atoms with Gasteiger partial charge in [0.2, 0.25) is 5.91 Å². The Morgan fingerprint density at radius 1 is 1.07 bits per heavy atom. The van der Waals surface area contributed by atoms with E-state index in [1.807, 2.05) is 30.3 Å². The first-order chi connectivity index (χ1) is 13.8. The first-order valence-electron chi connectivity index (χ1n) is 9.80. The summed E-state index contributed by atoms with van der Waals surface area (Å²) in [4.78, 5) is 17.3. The zero-order valence-corrected chi connectivity index (χ0v) is 16.3. The van der Waals surface area contributed by atoms with Crippen molar-refractivity contribution in [3.05, 3.63) is 65.2 Å². The number of carbonyl (C=O) groups is 1. The van der Waals surface area contributed by atoms with Crippen LogP contribution in [0.4, 0.5) is 18.9 Å². The van der Waals surface area contributed by atoms with Crippen LogP contribution in [0.5, 0.6) is 0 Å². The third-order valence-electron chi connectivity index (χ3n) is 5.85. The fraction of sp³-hybridized carbons (Fsp3) is 0.409.